The highest BCUT2D eigenvalue weighted by molar-refractivity contribution is 7.84. The van der Waals surface area contributed by atoms with Crippen LogP contribution in [0, 0.1) is 5.92 Å². The van der Waals surface area contributed by atoms with E-state index in [1.807, 2.05) is 0 Å². The third-order valence-electron chi connectivity index (χ3n) is 5.86. The summed E-state index contributed by atoms with van der Waals surface area (Å²) in [5.74, 6) is 2.53. The summed E-state index contributed by atoms with van der Waals surface area (Å²) in [5, 5.41) is 0. The van der Waals surface area contributed by atoms with Crippen molar-refractivity contribution >= 4 is 12.6 Å². The van der Waals surface area contributed by atoms with E-state index in [2.05, 4.69) is 100 Å². The van der Waals surface area contributed by atoms with Crippen molar-refractivity contribution in [2.75, 3.05) is 0 Å². The second-order valence-electron chi connectivity index (χ2n) is 9.04. The first-order chi connectivity index (χ1) is 13.4. The number of hydrogen-bond acceptors (Lipinski definition) is 2. The number of rotatable bonds is 3. The Morgan fingerprint density at radius 2 is 1.82 bits per heavy atom. The van der Waals surface area contributed by atoms with Gasteiger partial charge in [-0.25, -0.2) is 0 Å². The number of benzene rings is 2. The maximum Gasteiger partial charge on any atom is 0.120 e. The van der Waals surface area contributed by atoms with Gasteiger partial charge in [0.15, 0.2) is 0 Å². The second kappa shape index (κ2) is 7.83. The molecule has 4 rings (SSSR count). The predicted octanol–water partition coefficient (Wildman–Crippen LogP) is 7.07. The highest BCUT2D eigenvalue weighted by Gasteiger charge is 2.35. The largest absolute Gasteiger partial charge is 0.488 e. The van der Waals surface area contributed by atoms with Gasteiger partial charge in [-0.05, 0) is 91.5 Å². The van der Waals surface area contributed by atoms with Crippen LogP contribution in [0.2, 0.25) is 0 Å². The van der Waals surface area contributed by atoms with Crippen LogP contribution in [-0.2, 0) is 6.42 Å². The van der Waals surface area contributed by atoms with E-state index in [1.165, 1.54) is 23.1 Å². The maximum absolute atomic E-state index is 6.14. The summed E-state index contributed by atoms with van der Waals surface area (Å²) >= 11 is 4.52. The van der Waals surface area contributed by atoms with Crippen molar-refractivity contribution in [2.45, 2.75) is 57.5 Å². The van der Waals surface area contributed by atoms with Crippen LogP contribution in [0.15, 0.2) is 71.7 Å². The van der Waals surface area contributed by atoms with Gasteiger partial charge in [0, 0.05) is 0 Å². The second-order valence-corrected chi connectivity index (χ2v) is 9.56. The normalized spacial score (nSPS) is 24.4. The lowest BCUT2D eigenvalue weighted by molar-refractivity contribution is 0.130. The summed E-state index contributed by atoms with van der Waals surface area (Å²) in [4.78, 5) is 1.08. The molecule has 0 saturated carbocycles. The lowest BCUT2D eigenvalue weighted by atomic mass is 9.65. The quantitative estimate of drug-likeness (QED) is 0.552. The average molecular weight is 391 g/mol. The molecule has 0 aliphatic heterocycles. The number of ether oxygens (including phenoxy) is 1. The van der Waals surface area contributed by atoms with Crippen LogP contribution >= 0.6 is 12.6 Å². The van der Waals surface area contributed by atoms with E-state index in [9.17, 15) is 0 Å². The van der Waals surface area contributed by atoms with Gasteiger partial charge in [-0.3, -0.25) is 0 Å². The fourth-order valence-electron chi connectivity index (χ4n) is 4.74. The van der Waals surface area contributed by atoms with Gasteiger partial charge in [0.05, 0.1) is 0 Å². The van der Waals surface area contributed by atoms with Crippen LogP contribution in [0.5, 0.6) is 5.75 Å². The zero-order valence-electron chi connectivity index (χ0n) is 17.1. The third-order valence-corrected chi connectivity index (χ3v) is 6.19. The molecule has 2 aliphatic carbocycles. The maximum atomic E-state index is 6.14. The number of thiol groups is 1. The van der Waals surface area contributed by atoms with Crippen LogP contribution in [0.4, 0.5) is 0 Å². The Bertz CT molecular complexity index is 888. The Labute approximate surface area is 174 Å². The Morgan fingerprint density at radius 3 is 2.50 bits per heavy atom. The highest BCUT2D eigenvalue weighted by atomic mass is 32.1. The molecule has 28 heavy (non-hydrogen) atoms. The van der Waals surface area contributed by atoms with Crippen molar-refractivity contribution in [1.29, 1.82) is 0 Å². The lowest BCUT2D eigenvalue weighted by Gasteiger charge is -2.39. The molecular formula is C26H30OS. The minimum Gasteiger partial charge on any atom is -0.488 e. The lowest BCUT2D eigenvalue weighted by Crippen LogP contribution is -2.26. The van der Waals surface area contributed by atoms with Gasteiger partial charge >= 0.3 is 0 Å². The van der Waals surface area contributed by atoms with E-state index in [4.69, 9.17) is 4.74 Å². The fraction of sp³-hybridized carbons (Fsp3) is 0.385. The monoisotopic (exact) mass is 390 g/mol. The van der Waals surface area contributed by atoms with Crippen molar-refractivity contribution < 1.29 is 4.74 Å². The molecule has 0 fully saturated rings. The smallest absolute Gasteiger partial charge is 0.120 e. The summed E-state index contributed by atoms with van der Waals surface area (Å²) in [7, 11) is 0. The number of allylic oxidation sites excluding steroid dienone is 3. The molecule has 1 nitrogen and oxygen atoms in total. The average Bonchev–Trinajstić information content (AvgIpc) is 2.67. The van der Waals surface area contributed by atoms with Gasteiger partial charge in [0.2, 0.25) is 0 Å². The van der Waals surface area contributed by atoms with E-state index < -0.39 is 0 Å². The summed E-state index contributed by atoms with van der Waals surface area (Å²) in [6.07, 6.45) is 10.2. The summed E-state index contributed by atoms with van der Waals surface area (Å²) in [6.45, 7) is 6.32. The molecule has 0 saturated heterocycles. The standard InChI is InChI=1S/C26H30OS/c1-26(2,3)27-21-12-16-24-20(17-21)11-15-23(18-7-5-4-6-8-18)25(24)19-9-13-22(28)14-10-19/h4-9,12-14,16-17,19,23,25,28H,10-11,15H2,1-3H3/t19?,23-,25+/m1/s1. The van der Waals surface area contributed by atoms with Crippen LogP contribution in [0.25, 0.3) is 0 Å². The third kappa shape index (κ3) is 4.22. The van der Waals surface area contributed by atoms with Gasteiger partial charge in [-0.15, -0.1) is 12.6 Å². The minimum atomic E-state index is -0.172. The molecule has 2 aromatic carbocycles. The van der Waals surface area contributed by atoms with E-state index in [0.29, 0.717) is 17.8 Å². The first kappa shape index (κ1) is 19.4. The molecule has 0 heterocycles. The molecule has 3 atom stereocenters. The van der Waals surface area contributed by atoms with Crippen LogP contribution in [0.3, 0.4) is 0 Å². The molecule has 2 aromatic rings. The van der Waals surface area contributed by atoms with Crippen molar-refractivity contribution in [3.8, 4) is 5.75 Å². The highest BCUT2D eigenvalue weighted by Crippen LogP contribution is 2.49. The number of aryl methyl sites for hydroxylation is 1. The number of hydrogen-bond donors (Lipinski definition) is 1. The van der Waals surface area contributed by atoms with Crippen molar-refractivity contribution in [3.05, 3.63) is 88.4 Å². The molecule has 1 unspecified atom stereocenters. The molecule has 146 valence electrons. The van der Waals surface area contributed by atoms with E-state index in [0.717, 1.165) is 23.5 Å². The molecule has 2 aliphatic rings. The first-order valence-electron chi connectivity index (χ1n) is 10.3. The summed E-state index contributed by atoms with van der Waals surface area (Å²) in [5.41, 5.74) is 4.23. The molecule has 0 spiro atoms. The van der Waals surface area contributed by atoms with Crippen LogP contribution < -0.4 is 4.74 Å². The molecular weight excluding hydrogens is 360 g/mol. The zero-order valence-corrected chi connectivity index (χ0v) is 18.0. The Kier molecular flexibility index (Phi) is 5.42. The van der Waals surface area contributed by atoms with E-state index in [-0.39, 0.29) is 5.60 Å². The topological polar surface area (TPSA) is 9.23 Å². The van der Waals surface area contributed by atoms with E-state index in [1.54, 1.807) is 0 Å². The molecule has 0 radical (unpaired) electrons. The predicted molar refractivity (Wildman–Crippen MR) is 121 cm³/mol. The fourth-order valence-corrected chi connectivity index (χ4v) is 4.93. The molecule has 0 aromatic heterocycles. The van der Waals surface area contributed by atoms with Gasteiger partial charge in [-0.2, -0.15) is 0 Å². The first-order valence-corrected chi connectivity index (χ1v) is 10.8. The molecule has 0 bridgehead atoms. The number of fused-ring (bicyclic) bond motifs is 1. The SMILES string of the molecule is CC(C)(C)Oc1ccc2c(c1)CC[C@H](c1ccccc1)[C@@H]2C1C=CC(S)=CC1. The molecule has 0 amide bonds. The van der Waals surface area contributed by atoms with E-state index >= 15 is 0 Å². The van der Waals surface area contributed by atoms with Gasteiger partial charge in [-0.1, -0.05) is 54.6 Å². The van der Waals surface area contributed by atoms with Crippen molar-refractivity contribution in [2.24, 2.45) is 5.92 Å². The summed E-state index contributed by atoms with van der Waals surface area (Å²) < 4.78 is 6.14. The Hall–Kier alpha value is -1.93. The summed E-state index contributed by atoms with van der Waals surface area (Å²) in [6, 6.07) is 17.8. The molecule has 0 N–H and O–H groups in total. The van der Waals surface area contributed by atoms with Crippen molar-refractivity contribution in [1.82, 2.24) is 0 Å². The Morgan fingerprint density at radius 1 is 1.04 bits per heavy atom. The minimum absolute atomic E-state index is 0.172. The van der Waals surface area contributed by atoms with Crippen LogP contribution in [-0.4, -0.2) is 5.60 Å². The Balaban J connectivity index is 1.72. The zero-order chi connectivity index (χ0) is 19.7. The van der Waals surface area contributed by atoms with Crippen molar-refractivity contribution in [3.63, 3.8) is 0 Å². The van der Waals surface area contributed by atoms with Crippen LogP contribution in [0.1, 0.15) is 62.1 Å². The van der Waals surface area contributed by atoms with Gasteiger partial charge in [0.1, 0.15) is 11.4 Å². The molecule has 2 heteroatoms. The van der Waals surface area contributed by atoms with Gasteiger partial charge in [0.25, 0.3) is 0 Å². The van der Waals surface area contributed by atoms with Gasteiger partial charge < -0.3 is 4.74 Å².